The second kappa shape index (κ2) is 16.1. The van der Waals surface area contributed by atoms with Crippen molar-refractivity contribution in [2.45, 2.75) is 26.2 Å². The van der Waals surface area contributed by atoms with Crippen LogP contribution in [0.5, 0.6) is 5.75 Å². The molecule has 3 aromatic rings. The lowest BCUT2D eigenvalue weighted by molar-refractivity contribution is -0.122. The number of ether oxygens (including phenoxy) is 2. The number of aromatic hydroxyl groups is 1. The number of pyridine rings is 2. The molecule has 0 spiro atoms. The number of hydrogen-bond acceptors (Lipinski definition) is 9. The van der Waals surface area contributed by atoms with E-state index in [1.54, 1.807) is 42.7 Å². The van der Waals surface area contributed by atoms with Gasteiger partial charge in [-0.25, -0.2) is 4.98 Å². The summed E-state index contributed by atoms with van der Waals surface area (Å²) in [6, 6.07) is 10.3. The molecule has 1 aromatic carbocycles. The second-order valence-electron chi connectivity index (χ2n) is 8.97. The van der Waals surface area contributed by atoms with E-state index in [1.165, 1.54) is 0 Å². The number of nitrogen functional groups attached to an aromatic ring is 1. The van der Waals surface area contributed by atoms with Crippen molar-refractivity contribution in [3.05, 3.63) is 60.0 Å². The van der Waals surface area contributed by atoms with Crippen LogP contribution in [-0.2, 0) is 20.7 Å². The Labute approximate surface area is 234 Å². The summed E-state index contributed by atoms with van der Waals surface area (Å²) in [4.78, 5) is 33.2. The largest absolute Gasteiger partial charge is 0.508 e. The van der Waals surface area contributed by atoms with Crippen LogP contribution in [0, 0.1) is 0 Å². The maximum absolute atomic E-state index is 12.5. The van der Waals surface area contributed by atoms with Crippen molar-refractivity contribution in [1.82, 2.24) is 20.6 Å². The van der Waals surface area contributed by atoms with Crippen LogP contribution in [0.15, 0.2) is 48.8 Å². The van der Waals surface area contributed by atoms with Crippen molar-refractivity contribution in [3.8, 4) is 28.0 Å². The molecular formula is C29H38N6O5. The number of carbonyl (C=O) groups is 2. The summed E-state index contributed by atoms with van der Waals surface area (Å²) in [6.45, 7) is 5.04. The number of rotatable bonds is 16. The molecule has 0 fully saturated rings. The number of nitrogens with zero attached hydrogens (tertiary/aromatic N) is 2. The van der Waals surface area contributed by atoms with E-state index in [0.717, 1.165) is 27.8 Å². The van der Waals surface area contributed by atoms with Gasteiger partial charge in [-0.3, -0.25) is 14.6 Å². The standard InChI is InChI=1S/C29H38N6O5/c1-2-23-24(19-35-28(31)27(23)20-4-7-22(36)8-5-20)21-6-9-25(34-18-21)29(38)33-13-3-12-32-26(37)10-14-39-16-17-40-15-11-30/h4-9,18-19,36H,2-3,10-17,30H2,1H3,(H2,31,35)(H,32,37)(H,33,38). The first-order valence-electron chi connectivity index (χ1n) is 13.4. The third kappa shape index (κ3) is 9.01. The van der Waals surface area contributed by atoms with E-state index in [-0.39, 0.29) is 24.0 Å². The number of carbonyl (C=O) groups excluding carboxylic acids is 2. The third-order valence-corrected chi connectivity index (χ3v) is 6.10. The molecule has 0 saturated carbocycles. The Bertz CT molecular complexity index is 1230. The first-order valence-corrected chi connectivity index (χ1v) is 13.4. The fraction of sp³-hybridized carbons (Fsp3) is 0.379. The van der Waals surface area contributed by atoms with Crippen LogP contribution in [0.1, 0.15) is 35.8 Å². The van der Waals surface area contributed by atoms with Crippen LogP contribution in [0.3, 0.4) is 0 Å². The minimum Gasteiger partial charge on any atom is -0.508 e. The fourth-order valence-electron chi connectivity index (χ4n) is 4.09. The van der Waals surface area contributed by atoms with Gasteiger partial charge in [-0.15, -0.1) is 0 Å². The molecule has 2 heterocycles. The van der Waals surface area contributed by atoms with Crippen molar-refractivity contribution < 1.29 is 24.2 Å². The zero-order valence-electron chi connectivity index (χ0n) is 22.8. The van der Waals surface area contributed by atoms with Gasteiger partial charge in [0.05, 0.1) is 26.4 Å². The number of phenolic OH excluding ortho intramolecular Hbond substituents is 1. The lowest BCUT2D eigenvalue weighted by Gasteiger charge is -2.16. The number of amides is 2. The van der Waals surface area contributed by atoms with Crippen LogP contribution >= 0.6 is 0 Å². The third-order valence-electron chi connectivity index (χ3n) is 6.10. The van der Waals surface area contributed by atoms with Gasteiger partial charge in [0.15, 0.2) is 0 Å². The van der Waals surface area contributed by atoms with Crippen LogP contribution in [0.4, 0.5) is 5.82 Å². The summed E-state index contributed by atoms with van der Waals surface area (Å²) < 4.78 is 10.5. The Hall–Kier alpha value is -4.06. The molecule has 0 aliphatic carbocycles. The van der Waals surface area contributed by atoms with Gasteiger partial charge in [0.25, 0.3) is 5.91 Å². The van der Waals surface area contributed by atoms with Gasteiger partial charge in [-0.05, 0) is 42.2 Å². The van der Waals surface area contributed by atoms with Gasteiger partial charge in [0, 0.05) is 55.1 Å². The summed E-state index contributed by atoms with van der Waals surface area (Å²) in [5.74, 6) is 0.182. The monoisotopic (exact) mass is 550 g/mol. The maximum atomic E-state index is 12.5. The molecule has 3 rings (SSSR count). The van der Waals surface area contributed by atoms with E-state index >= 15 is 0 Å². The predicted octanol–water partition coefficient (Wildman–Crippen LogP) is 2.28. The minimum atomic E-state index is -0.293. The van der Waals surface area contributed by atoms with Crippen molar-refractivity contribution in [1.29, 1.82) is 0 Å². The van der Waals surface area contributed by atoms with Gasteiger partial charge in [-0.1, -0.05) is 25.1 Å². The van der Waals surface area contributed by atoms with Gasteiger partial charge in [-0.2, -0.15) is 0 Å². The molecule has 0 bridgehead atoms. The Balaban J connectivity index is 1.47. The molecule has 11 heteroatoms. The summed E-state index contributed by atoms with van der Waals surface area (Å²) in [5, 5.41) is 15.3. The molecule has 0 saturated heterocycles. The highest BCUT2D eigenvalue weighted by molar-refractivity contribution is 5.92. The maximum Gasteiger partial charge on any atom is 0.269 e. The number of hydrogen-bond donors (Lipinski definition) is 5. The van der Waals surface area contributed by atoms with Crippen molar-refractivity contribution in [3.63, 3.8) is 0 Å². The summed E-state index contributed by atoms with van der Waals surface area (Å²) in [7, 11) is 0. The Morgan fingerprint density at radius 1 is 0.900 bits per heavy atom. The summed E-state index contributed by atoms with van der Waals surface area (Å²) in [6.07, 6.45) is 4.91. The Morgan fingerprint density at radius 3 is 2.27 bits per heavy atom. The number of anilines is 1. The zero-order chi connectivity index (χ0) is 28.7. The molecular weight excluding hydrogens is 512 g/mol. The molecule has 0 aliphatic rings. The second-order valence-corrected chi connectivity index (χ2v) is 8.97. The summed E-state index contributed by atoms with van der Waals surface area (Å²) in [5.41, 5.74) is 16.2. The highest BCUT2D eigenvalue weighted by Gasteiger charge is 2.16. The fourth-order valence-corrected chi connectivity index (χ4v) is 4.09. The average Bonchev–Trinajstić information content (AvgIpc) is 2.97. The Morgan fingerprint density at radius 2 is 1.60 bits per heavy atom. The number of benzene rings is 1. The van der Waals surface area contributed by atoms with Crippen molar-refractivity contribution in [2.75, 3.05) is 51.8 Å². The lowest BCUT2D eigenvalue weighted by atomic mass is 9.92. The van der Waals surface area contributed by atoms with Crippen molar-refractivity contribution >= 4 is 17.6 Å². The Kier molecular flexibility index (Phi) is 12.3. The molecule has 11 nitrogen and oxygen atoms in total. The van der Waals surface area contributed by atoms with Gasteiger partial charge >= 0.3 is 0 Å². The highest BCUT2D eigenvalue weighted by Crippen LogP contribution is 2.36. The number of aromatic nitrogens is 2. The van der Waals surface area contributed by atoms with E-state index in [2.05, 4.69) is 20.6 Å². The lowest BCUT2D eigenvalue weighted by Crippen LogP contribution is -2.30. The van der Waals surface area contributed by atoms with Crippen LogP contribution in [0.25, 0.3) is 22.3 Å². The van der Waals surface area contributed by atoms with Crippen LogP contribution < -0.4 is 22.1 Å². The first kappa shape index (κ1) is 30.5. The zero-order valence-corrected chi connectivity index (χ0v) is 22.8. The first-order chi connectivity index (χ1) is 19.4. The van der Waals surface area contributed by atoms with Crippen LogP contribution in [0.2, 0.25) is 0 Å². The van der Waals surface area contributed by atoms with Gasteiger partial charge in [0.1, 0.15) is 17.3 Å². The molecule has 40 heavy (non-hydrogen) atoms. The SMILES string of the molecule is CCc1c(-c2ccc(C(=O)NCCCNC(=O)CCOCCOCCN)nc2)cnc(N)c1-c1ccc(O)cc1. The highest BCUT2D eigenvalue weighted by atomic mass is 16.5. The van der Waals surface area contributed by atoms with E-state index in [4.69, 9.17) is 20.9 Å². The average molecular weight is 551 g/mol. The van der Waals surface area contributed by atoms with E-state index in [1.807, 2.05) is 13.0 Å². The van der Waals surface area contributed by atoms with E-state index in [0.29, 0.717) is 70.4 Å². The van der Waals surface area contributed by atoms with Crippen molar-refractivity contribution in [2.24, 2.45) is 5.73 Å². The number of nitrogens with two attached hydrogens (primary N) is 2. The minimum absolute atomic E-state index is 0.108. The molecule has 7 N–H and O–H groups in total. The quantitative estimate of drug-likeness (QED) is 0.168. The molecule has 0 aliphatic heterocycles. The normalized spacial score (nSPS) is 10.8. The van der Waals surface area contributed by atoms with Gasteiger partial charge in [0.2, 0.25) is 5.91 Å². The number of phenols is 1. The summed E-state index contributed by atoms with van der Waals surface area (Å²) >= 11 is 0. The molecule has 2 aromatic heterocycles. The molecule has 214 valence electrons. The van der Waals surface area contributed by atoms with E-state index in [9.17, 15) is 14.7 Å². The molecule has 0 radical (unpaired) electrons. The van der Waals surface area contributed by atoms with E-state index < -0.39 is 0 Å². The molecule has 2 amide bonds. The number of nitrogens with one attached hydrogen (secondary N) is 2. The smallest absolute Gasteiger partial charge is 0.269 e. The van der Waals surface area contributed by atoms with Crippen LogP contribution in [-0.4, -0.2) is 73.0 Å². The molecule has 0 atom stereocenters. The topological polar surface area (TPSA) is 175 Å². The van der Waals surface area contributed by atoms with Gasteiger partial charge < -0.3 is 36.7 Å². The molecule has 0 unspecified atom stereocenters. The predicted molar refractivity (Wildman–Crippen MR) is 154 cm³/mol.